The third-order valence-corrected chi connectivity index (χ3v) is 8.60. The van der Waals surface area contributed by atoms with Gasteiger partial charge in [0.05, 0.1) is 11.5 Å². The number of rotatable bonds is 4. The van der Waals surface area contributed by atoms with Crippen molar-refractivity contribution in [2.24, 2.45) is 10.8 Å². The van der Waals surface area contributed by atoms with Crippen molar-refractivity contribution in [3.8, 4) is 28.1 Å². The molecule has 1 aromatic heterocycles. The molecule has 0 saturated heterocycles. The van der Waals surface area contributed by atoms with Crippen LogP contribution >= 0.6 is 0 Å². The van der Waals surface area contributed by atoms with Crippen LogP contribution in [0.15, 0.2) is 103 Å². The van der Waals surface area contributed by atoms with E-state index in [0.717, 1.165) is 55.1 Å². The predicted molar refractivity (Wildman–Crippen MR) is 204 cm³/mol. The Bertz CT molecular complexity index is 2350. The molecule has 1 radical (unpaired) electrons. The first-order valence-electron chi connectivity index (χ1n) is 16.8. The van der Waals surface area contributed by atoms with Crippen molar-refractivity contribution >= 4 is 44.1 Å². The minimum absolute atomic E-state index is 0. The summed E-state index contributed by atoms with van der Waals surface area (Å²) in [5, 5.41) is 14.9. The van der Waals surface area contributed by atoms with Gasteiger partial charge in [-0.1, -0.05) is 89.2 Å². The molecule has 0 fully saturated rings. The van der Waals surface area contributed by atoms with Crippen molar-refractivity contribution in [2.45, 2.75) is 61.6 Å². The number of hydrogen-bond acceptors (Lipinski definition) is 4. The molecule has 0 atom stereocenters. The van der Waals surface area contributed by atoms with Crippen LogP contribution in [0.1, 0.15) is 52.7 Å². The zero-order valence-corrected chi connectivity index (χ0v) is 33.3. The van der Waals surface area contributed by atoms with Crippen LogP contribution in [0.3, 0.4) is 0 Å². The van der Waals surface area contributed by atoms with Gasteiger partial charge < -0.3 is 14.8 Å². The fourth-order valence-electron chi connectivity index (χ4n) is 5.73. The zero-order chi connectivity index (χ0) is 38.2. The van der Waals surface area contributed by atoms with Crippen LogP contribution in [0.25, 0.3) is 54.7 Å². The fourth-order valence-corrected chi connectivity index (χ4v) is 5.73. The van der Waals surface area contributed by atoms with Crippen molar-refractivity contribution < 1.29 is 52.7 Å². The first kappa shape index (κ1) is 40.9. The second-order valence-corrected chi connectivity index (χ2v) is 15.0. The van der Waals surface area contributed by atoms with Gasteiger partial charge in [0.2, 0.25) is 0 Å². The van der Waals surface area contributed by atoms with Crippen LogP contribution in [-0.2, 0) is 24.9 Å². The van der Waals surface area contributed by atoms with E-state index < -0.39 is 12.1 Å². The number of alkyl halides is 3. The maximum Gasteiger partial charge on any atom is 0.491 e. The third-order valence-electron chi connectivity index (χ3n) is 8.60. The minimum Gasteiger partial charge on any atom is -0.511 e. The molecule has 9 heteroatoms. The fraction of sp³-hybridized carbons (Fsp3) is 0.250. The average Bonchev–Trinajstić information content (AvgIpc) is 3.06. The van der Waals surface area contributed by atoms with Gasteiger partial charge in [0.15, 0.2) is 0 Å². The standard InChI is InChI=1S/C33H21F3NO2.C11H20O2.Ir/c1-19-15-20(2)17-23(16-19)31-29-10-8-22-18-21(7-9-24(22)27(29)13-14-37-31)25-11-12-30(39-32(38)33(34,35)36)28-6-4-3-5-26(25)28;1-10(2,3)8(12)7-9(13)11(4,5)6;/h3-16,18H,1-2H3;7,12H,1-6H3;/q-1;;/p+1/b;8-7-;. The van der Waals surface area contributed by atoms with Crippen LogP contribution in [0.4, 0.5) is 13.2 Å². The summed E-state index contributed by atoms with van der Waals surface area (Å²) < 4.78 is 43.1. The number of carbonyl (C=O) groups excluding carboxylic acids is 2. The molecule has 277 valence electrons. The third kappa shape index (κ3) is 9.39. The number of esters is 1. The van der Waals surface area contributed by atoms with E-state index in [1.807, 2.05) is 72.9 Å². The first-order valence-corrected chi connectivity index (χ1v) is 16.8. The largest absolute Gasteiger partial charge is 0.511 e. The Hall–Kier alpha value is -4.85. The molecule has 0 bridgehead atoms. The van der Waals surface area contributed by atoms with Gasteiger partial charge in [-0.2, -0.15) is 13.2 Å². The summed E-state index contributed by atoms with van der Waals surface area (Å²) in [6.45, 7) is 15.5. The van der Waals surface area contributed by atoms with E-state index >= 15 is 0 Å². The van der Waals surface area contributed by atoms with Gasteiger partial charge in [0.1, 0.15) is 11.5 Å². The Labute approximate surface area is 321 Å². The molecule has 5 nitrogen and oxygen atoms in total. The number of benzene rings is 5. The topological polar surface area (TPSA) is 80.8 Å². The number of aliphatic hydroxyl groups is 1. The Morgan fingerprint density at radius 3 is 2.08 bits per heavy atom. The average molecular weight is 898 g/mol. The van der Waals surface area contributed by atoms with Gasteiger partial charge in [0, 0.05) is 37.1 Å². The molecular weight excluding hydrogens is 856 g/mol. The number of aromatic nitrogens is 1. The molecule has 0 spiro atoms. The van der Waals surface area contributed by atoms with E-state index in [1.54, 1.807) is 30.3 Å². The van der Waals surface area contributed by atoms with Crippen LogP contribution in [0.5, 0.6) is 5.75 Å². The van der Waals surface area contributed by atoms with E-state index in [2.05, 4.69) is 48.3 Å². The number of fused-ring (bicyclic) bond motifs is 4. The number of allylic oxidation sites excluding steroid dienone is 2. The number of aliphatic hydroxyl groups excluding tert-OH is 1. The SMILES string of the molecule is CC(C)(C)C(=[OH+])/C=C(\O)C(C)(C)C.Cc1[c-]c(-c2nccc3c2ccc2cc(-c4ccc(OC(=O)C(F)(F)F)c5ccccc45)ccc23)cc(C)c1.[Ir]. The maximum atomic E-state index is 12.8. The van der Waals surface area contributed by atoms with Gasteiger partial charge >= 0.3 is 17.9 Å². The van der Waals surface area contributed by atoms with Gasteiger partial charge in [0.25, 0.3) is 0 Å². The van der Waals surface area contributed by atoms with Gasteiger partial charge in [-0.25, -0.2) is 4.79 Å². The van der Waals surface area contributed by atoms with Gasteiger partial charge in [-0.05, 0) is 82.7 Å². The predicted octanol–water partition coefficient (Wildman–Crippen LogP) is 11.8. The van der Waals surface area contributed by atoms with Crippen molar-refractivity contribution in [3.63, 3.8) is 0 Å². The molecule has 5 aromatic carbocycles. The van der Waals surface area contributed by atoms with Crippen molar-refractivity contribution in [1.29, 1.82) is 0 Å². The van der Waals surface area contributed by atoms with Crippen LogP contribution < -0.4 is 4.74 Å². The second-order valence-electron chi connectivity index (χ2n) is 15.0. The summed E-state index contributed by atoms with van der Waals surface area (Å²) in [4.78, 5) is 25.8. The van der Waals surface area contributed by atoms with Crippen molar-refractivity contribution in [2.75, 3.05) is 0 Å². The summed E-state index contributed by atoms with van der Waals surface area (Å²) in [6.07, 6.45) is -1.82. The van der Waals surface area contributed by atoms with E-state index in [9.17, 15) is 27.9 Å². The number of nitrogens with zero attached hydrogens (tertiary/aromatic N) is 1. The number of ether oxygens (including phenoxy) is 1. The summed E-state index contributed by atoms with van der Waals surface area (Å²) >= 11 is 0. The quantitative estimate of drug-likeness (QED) is 0.0364. The minimum atomic E-state index is -5.08. The molecule has 2 N–H and O–H groups in total. The Morgan fingerprint density at radius 2 is 1.45 bits per heavy atom. The number of aryl methyl sites for hydroxylation is 2. The van der Waals surface area contributed by atoms with Crippen LogP contribution in [0.2, 0.25) is 0 Å². The molecule has 0 aliphatic carbocycles. The number of halogens is 3. The molecule has 6 rings (SSSR count). The van der Waals surface area contributed by atoms with Crippen molar-refractivity contribution in [3.05, 3.63) is 120 Å². The summed E-state index contributed by atoms with van der Waals surface area (Å²) in [7, 11) is 0. The number of hydrogen-bond donors (Lipinski definition) is 1. The summed E-state index contributed by atoms with van der Waals surface area (Å²) in [6, 6.07) is 29.8. The molecule has 1 heterocycles. The Balaban J connectivity index is 0.000000386. The monoisotopic (exact) mass is 898 g/mol. The summed E-state index contributed by atoms with van der Waals surface area (Å²) in [5.74, 6) is -1.96. The molecule has 0 unspecified atom stereocenters. The Kier molecular flexibility index (Phi) is 12.1. The van der Waals surface area contributed by atoms with E-state index in [-0.39, 0.29) is 48.2 Å². The molecule has 6 aromatic rings. The molecule has 0 amide bonds. The Morgan fingerprint density at radius 1 is 0.792 bits per heavy atom. The van der Waals surface area contributed by atoms with Crippen LogP contribution in [-0.4, -0.2) is 32.8 Å². The first-order chi connectivity index (χ1) is 24.2. The smallest absolute Gasteiger partial charge is 0.491 e. The number of pyridine rings is 1. The molecule has 0 saturated carbocycles. The molecule has 53 heavy (non-hydrogen) atoms. The second kappa shape index (κ2) is 15.6. The van der Waals surface area contributed by atoms with Crippen LogP contribution in [0, 0.1) is 30.7 Å². The van der Waals surface area contributed by atoms with E-state index in [0.29, 0.717) is 10.8 Å². The molecule has 0 aliphatic heterocycles. The normalized spacial score (nSPS) is 12.2. The molecule has 0 aliphatic rings. The van der Waals surface area contributed by atoms with Gasteiger partial charge in [-0.15, -0.1) is 34.9 Å². The maximum absolute atomic E-state index is 12.8. The number of ketones is 1. The van der Waals surface area contributed by atoms with E-state index in [4.69, 9.17) is 4.74 Å². The zero-order valence-electron chi connectivity index (χ0n) is 30.9. The van der Waals surface area contributed by atoms with Gasteiger partial charge in [-0.3, -0.25) is 4.79 Å². The molecular formula is C44H42F3IrNO4. The summed E-state index contributed by atoms with van der Waals surface area (Å²) in [5.41, 5.74) is 5.13. The van der Waals surface area contributed by atoms with Crippen molar-refractivity contribution in [1.82, 2.24) is 4.98 Å². The number of carbonyl (C=O) groups is 1. The van der Waals surface area contributed by atoms with E-state index in [1.165, 1.54) is 12.1 Å².